The third-order valence-corrected chi connectivity index (χ3v) is 4.48. The second kappa shape index (κ2) is 8.32. The fourth-order valence-corrected chi connectivity index (χ4v) is 2.71. The largest absolute Gasteiger partial charge is 0.479 e. The summed E-state index contributed by atoms with van der Waals surface area (Å²) in [5.74, 6) is 6.09. The molecule has 0 unspecified atom stereocenters. The normalized spacial score (nSPS) is 10.7. The first-order valence-corrected chi connectivity index (χ1v) is 8.67. The van der Waals surface area contributed by atoms with Gasteiger partial charge >= 0.3 is 0 Å². The molecule has 2 aromatic rings. The molecule has 0 bridgehead atoms. The Morgan fingerprint density at radius 2 is 1.96 bits per heavy atom. The third kappa shape index (κ3) is 5.40. The Morgan fingerprint density at radius 3 is 2.61 bits per heavy atom. The number of aryl methyl sites for hydroxylation is 1. The lowest BCUT2D eigenvalue weighted by Crippen LogP contribution is -2.24. The Morgan fingerprint density at radius 1 is 1.17 bits per heavy atom. The Kier molecular flexibility index (Phi) is 6.15. The molecule has 0 radical (unpaired) electrons. The lowest BCUT2D eigenvalue weighted by molar-refractivity contribution is 0.368. The van der Waals surface area contributed by atoms with E-state index in [0.29, 0.717) is 5.75 Å². The molecular weight excluding hydrogens is 312 g/mol. The highest BCUT2D eigenvalue weighted by atomic mass is 32.2. The number of nitrogens with zero attached hydrogens (tertiary/aromatic N) is 1. The second-order valence-electron chi connectivity index (χ2n) is 4.65. The summed E-state index contributed by atoms with van der Waals surface area (Å²) in [7, 11) is -3.53. The average Bonchev–Trinajstić information content (AvgIpc) is 2.59. The van der Waals surface area contributed by atoms with Crippen LogP contribution in [0, 0.1) is 11.8 Å². The molecule has 0 aliphatic heterocycles. The zero-order chi connectivity index (χ0) is 16.5. The summed E-state index contributed by atoms with van der Waals surface area (Å²) in [4.78, 5) is 4.15. The molecule has 5 nitrogen and oxygen atoms in total. The number of rotatable bonds is 6. The highest BCUT2D eigenvalue weighted by Gasteiger charge is 2.11. The summed E-state index contributed by atoms with van der Waals surface area (Å²) in [5, 5.41) is 0. The van der Waals surface area contributed by atoms with Crippen LogP contribution >= 0.6 is 0 Å². The van der Waals surface area contributed by atoms with E-state index in [-0.39, 0.29) is 18.0 Å². The van der Waals surface area contributed by atoms with Crippen molar-refractivity contribution in [2.24, 2.45) is 0 Å². The van der Waals surface area contributed by atoms with Crippen molar-refractivity contribution in [3.8, 4) is 17.6 Å². The highest BCUT2D eigenvalue weighted by Crippen LogP contribution is 2.10. The fraction of sp³-hybridized carbons (Fsp3) is 0.235. The van der Waals surface area contributed by atoms with Crippen LogP contribution in [0.15, 0.2) is 53.7 Å². The molecule has 23 heavy (non-hydrogen) atoms. The fourth-order valence-electron chi connectivity index (χ4n) is 1.78. The number of ether oxygens (including phenoxy) is 1. The van der Waals surface area contributed by atoms with Crippen LogP contribution in [0.25, 0.3) is 0 Å². The monoisotopic (exact) mass is 330 g/mol. The van der Waals surface area contributed by atoms with E-state index in [2.05, 4.69) is 21.5 Å². The van der Waals surface area contributed by atoms with Crippen molar-refractivity contribution in [1.82, 2.24) is 9.71 Å². The van der Waals surface area contributed by atoms with E-state index in [1.807, 2.05) is 19.1 Å². The maximum Gasteiger partial charge on any atom is 0.241 e. The van der Waals surface area contributed by atoms with E-state index in [1.165, 1.54) is 0 Å². The van der Waals surface area contributed by atoms with E-state index in [0.717, 1.165) is 12.0 Å². The topological polar surface area (TPSA) is 68.3 Å². The van der Waals surface area contributed by atoms with Crippen molar-refractivity contribution in [2.75, 3.05) is 13.2 Å². The molecule has 0 saturated heterocycles. The van der Waals surface area contributed by atoms with Crippen LogP contribution in [0.1, 0.15) is 12.5 Å². The smallest absolute Gasteiger partial charge is 0.241 e. The molecule has 1 heterocycles. The van der Waals surface area contributed by atoms with Crippen molar-refractivity contribution >= 4 is 10.0 Å². The molecule has 6 heteroatoms. The summed E-state index contributed by atoms with van der Waals surface area (Å²) >= 11 is 0. The minimum atomic E-state index is -3.53. The summed E-state index contributed by atoms with van der Waals surface area (Å²) in [6.07, 6.45) is 4.11. The maximum absolute atomic E-state index is 12.1. The van der Waals surface area contributed by atoms with Gasteiger partial charge in [0.05, 0.1) is 17.6 Å². The molecule has 2 rings (SSSR count). The van der Waals surface area contributed by atoms with Crippen LogP contribution in [0.3, 0.4) is 0 Å². The molecule has 0 aliphatic carbocycles. The molecule has 0 saturated carbocycles. The van der Waals surface area contributed by atoms with Crippen molar-refractivity contribution in [1.29, 1.82) is 0 Å². The second-order valence-corrected chi connectivity index (χ2v) is 6.42. The maximum atomic E-state index is 12.1. The minimum Gasteiger partial charge on any atom is -0.479 e. The zero-order valence-electron chi connectivity index (χ0n) is 12.8. The summed E-state index contributed by atoms with van der Waals surface area (Å²) in [5.41, 5.74) is 1.09. The highest BCUT2D eigenvalue weighted by molar-refractivity contribution is 7.89. The van der Waals surface area contributed by atoms with Gasteiger partial charge in [-0.2, -0.15) is 4.72 Å². The van der Waals surface area contributed by atoms with Gasteiger partial charge in [0.15, 0.2) is 0 Å². The number of aromatic nitrogens is 1. The van der Waals surface area contributed by atoms with E-state index in [9.17, 15) is 8.42 Å². The Labute approximate surface area is 136 Å². The first-order chi connectivity index (χ1) is 11.1. The van der Waals surface area contributed by atoms with Gasteiger partial charge in [-0.3, -0.25) is 4.98 Å². The summed E-state index contributed by atoms with van der Waals surface area (Å²) in [6.45, 7) is 2.23. The van der Waals surface area contributed by atoms with Crippen LogP contribution in [0.5, 0.6) is 5.75 Å². The van der Waals surface area contributed by atoms with E-state index < -0.39 is 10.0 Å². The first-order valence-electron chi connectivity index (χ1n) is 7.19. The third-order valence-electron chi connectivity index (χ3n) is 3.06. The van der Waals surface area contributed by atoms with Gasteiger partial charge in [-0.15, -0.1) is 0 Å². The number of sulfonamides is 1. The van der Waals surface area contributed by atoms with Crippen molar-refractivity contribution in [2.45, 2.75) is 18.2 Å². The lowest BCUT2D eigenvalue weighted by Gasteiger charge is -2.04. The van der Waals surface area contributed by atoms with Gasteiger partial charge in [-0.05, 0) is 36.2 Å². The number of nitrogens with one attached hydrogen (secondary N) is 1. The van der Waals surface area contributed by atoms with Crippen LogP contribution in [-0.2, 0) is 16.4 Å². The van der Waals surface area contributed by atoms with Crippen LogP contribution in [-0.4, -0.2) is 26.6 Å². The van der Waals surface area contributed by atoms with Crippen molar-refractivity contribution < 1.29 is 13.2 Å². The Bertz CT molecular complexity index is 776. The minimum absolute atomic E-state index is 0.0360. The number of hydrogen-bond acceptors (Lipinski definition) is 4. The van der Waals surface area contributed by atoms with Gasteiger partial charge in [-0.1, -0.05) is 30.9 Å². The molecule has 0 fully saturated rings. The van der Waals surface area contributed by atoms with Crippen molar-refractivity contribution in [3.05, 3.63) is 54.4 Å². The standard InChI is InChI=1S/C17H18N2O3S/c1-2-15-7-9-17(10-8-15)23(20,21)19-12-3-4-13-22-16-6-5-11-18-14-16/h5-11,14,19H,2,12-13H2,1H3. The predicted molar refractivity (Wildman–Crippen MR) is 88.5 cm³/mol. The van der Waals surface area contributed by atoms with Gasteiger partial charge in [0.2, 0.25) is 10.0 Å². The molecule has 0 atom stereocenters. The van der Waals surface area contributed by atoms with Gasteiger partial charge in [-0.25, -0.2) is 8.42 Å². The molecular formula is C17H18N2O3S. The number of hydrogen-bond donors (Lipinski definition) is 1. The molecule has 0 aliphatic rings. The van der Waals surface area contributed by atoms with Gasteiger partial charge < -0.3 is 4.74 Å². The summed E-state index contributed by atoms with van der Waals surface area (Å²) < 4.78 is 31.9. The van der Waals surface area contributed by atoms with Gasteiger partial charge in [0, 0.05) is 6.20 Å². The predicted octanol–water partition coefficient (Wildman–Crippen LogP) is 2.00. The molecule has 0 spiro atoms. The molecule has 120 valence electrons. The van der Waals surface area contributed by atoms with Crippen LogP contribution < -0.4 is 9.46 Å². The van der Waals surface area contributed by atoms with Crippen molar-refractivity contribution in [3.63, 3.8) is 0 Å². The SMILES string of the molecule is CCc1ccc(S(=O)(=O)NCC#CCOc2cccnc2)cc1. The van der Waals surface area contributed by atoms with E-state index in [4.69, 9.17) is 4.74 Å². The quantitative estimate of drug-likeness (QED) is 0.823. The number of benzene rings is 1. The first kappa shape index (κ1) is 17.0. The van der Waals surface area contributed by atoms with Gasteiger partial charge in [0.1, 0.15) is 12.4 Å². The Balaban J connectivity index is 1.82. The zero-order valence-corrected chi connectivity index (χ0v) is 13.6. The summed E-state index contributed by atoms with van der Waals surface area (Å²) in [6, 6.07) is 10.3. The van der Waals surface area contributed by atoms with E-state index in [1.54, 1.807) is 36.7 Å². The lowest BCUT2D eigenvalue weighted by atomic mass is 10.2. The van der Waals surface area contributed by atoms with Gasteiger partial charge in [0.25, 0.3) is 0 Å². The average molecular weight is 330 g/mol. The Hall–Kier alpha value is -2.36. The molecule has 1 aromatic carbocycles. The van der Waals surface area contributed by atoms with Crippen LogP contribution in [0.2, 0.25) is 0 Å². The molecule has 1 N–H and O–H groups in total. The van der Waals surface area contributed by atoms with Crippen LogP contribution in [0.4, 0.5) is 0 Å². The number of pyridine rings is 1. The van der Waals surface area contributed by atoms with E-state index >= 15 is 0 Å². The molecule has 0 amide bonds. The molecule has 1 aromatic heterocycles.